The van der Waals surface area contributed by atoms with Crippen molar-refractivity contribution in [2.75, 3.05) is 5.75 Å². The Balaban J connectivity index is 2.78. The Morgan fingerprint density at radius 3 is 2.53 bits per heavy atom. The lowest BCUT2D eigenvalue weighted by Crippen LogP contribution is -2.17. The minimum absolute atomic E-state index is 0.0799. The molecule has 0 fully saturated rings. The van der Waals surface area contributed by atoms with Gasteiger partial charge in [0, 0.05) is 11.3 Å². The van der Waals surface area contributed by atoms with Crippen molar-refractivity contribution in [2.24, 2.45) is 0 Å². The molecule has 92 valence electrons. The maximum Gasteiger partial charge on any atom is 0.257 e. The average molecular weight is 253 g/mol. The van der Waals surface area contributed by atoms with Crippen LogP contribution in [0.25, 0.3) is 6.08 Å². The molecule has 1 rings (SSSR count). The third-order valence-corrected chi connectivity index (χ3v) is 2.81. The van der Waals surface area contributed by atoms with Gasteiger partial charge in [-0.15, -0.1) is 0 Å². The number of benzene rings is 1. The van der Waals surface area contributed by atoms with Gasteiger partial charge in [-0.25, -0.2) is 4.39 Å². The molecule has 0 bridgehead atoms. The SMILES string of the molecule is CCSNC(=O)/C(=C/c1ccc(F)cc1)CC. The van der Waals surface area contributed by atoms with Gasteiger partial charge in [0.25, 0.3) is 5.91 Å². The highest BCUT2D eigenvalue weighted by atomic mass is 32.2. The van der Waals surface area contributed by atoms with E-state index in [0.717, 1.165) is 11.3 Å². The van der Waals surface area contributed by atoms with Gasteiger partial charge in [0.15, 0.2) is 0 Å². The number of carbonyl (C=O) groups is 1. The number of nitrogens with one attached hydrogen (secondary N) is 1. The first kappa shape index (κ1) is 13.8. The van der Waals surface area contributed by atoms with Crippen LogP contribution in [0.5, 0.6) is 0 Å². The molecule has 1 aromatic carbocycles. The maximum absolute atomic E-state index is 12.7. The molecule has 0 aliphatic rings. The molecule has 17 heavy (non-hydrogen) atoms. The standard InChI is InChI=1S/C13H16FNOS/c1-3-11(13(16)15-17-4-2)9-10-5-7-12(14)8-6-10/h5-9H,3-4H2,1-2H3,(H,15,16)/b11-9+. The topological polar surface area (TPSA) is 29.1 Å². The van der Waals surface area contributed by atoms with Crippen LogP contribution in [0.4, 0.5) is 4.39 Å². The summed E-state index contributed by atoms with van der Waals surface area (Å²) in [6, 6.07) is 6.09. The Morgan fingerprint density at radius 1 is 1.35 bits per heavy atom. The van der Waals surface area contributed by atoms with Crippen LogP contribution in [-0.4, -0.2) is 11.7 Å². The number of hydrogen-bond donors (Lipinski definition) is 1. The highest BCUT2D eigenvalue weighted by Crippen LogP contribution is 2.12. The van der Waals surface area contributed by atoms with Gasteiger partial charge in [-0.1, -0.05) is 37.9 Å². The monoisotopic (exact) mass is 253 g/mol. The number of hydrogen-bond acceptors (Lipinski definition) is 2. The van der Waals surface area contributed by atoms with E-state index in [-0.39, 0.29) is 11.7 Å². The van der Waals surface area contributed by atoms with Crippen molar-refractivity contribution in [1.82, 2.24) is 4.72 Å². The van der Waals surface area contributed by atoms with Crippen LogP contribution in [-0.2, 0) is 4.79 Å². The van der Waals surface area contributed by atoms with Crippen molar-refractivity contribution < 1.29 is 9.18 Å². The van der Waals surface area contributed by atoms with Crippen molar-refractivity contribution in [3.8, 4) is 0 Å². The van der Waals surface area contributed by atoms with E-state index in [4.69, 9.17) is 0 Å². The fraction of sp³-hybridized carbons (Fsp3) is 0.308. The smallest absolute Gasteiger partial charge is 0.257 e. The molecule has 1 amide bonds. The van der Waals surface area contributed by atoms with Gasteiger partial charge in [-0.3, -0.25) is 9.52 Å². The van der Waals surface area contributed by atoms with E-state index < -0.39 is 0 Å². The zero-order valence-electron chi connectivity index (χ0n) is 10.00. The van der Waals surface area contributed by atoms with Crippen molar-refractivity contribution in [2.45, 2.75) is 20.3 Å². The van der Waals surface area contributed by atoms with Gasteiger partial charge < -0.3 is 0 Å². The van der Waals surface area contributed by atoms with Gasteiger partial charge in [-0.2, -0.15) is 0 Å². The lowest BCUT2D eigenvalue weighted by atomic mass is 10.1. The minimum Gasteiger partial charge on any atom is -0.296 e. The number of halogens is 1. The Hall–Kier alpha value is -1.29. The Morgan fingerprint density at radius 2 is 2.00 bits per heavy atom. The first-order valence-electron chi connectivity index (χ1n) is 5.55. The van der Waals surface area contributed by atoms with E-state index in [1.807, 2.05) is 13.8 Å². The molecular formula is C13H16FNOS. The van der Waals surface area contributed by atoms with Crippen LogP contribution in [0.1, 0.15) is 25.8 Å². The lowest BCUT2D eigenvalue weighted by Gasteiger charge is -2.05. The highest BCUT2D eigenvalue weighted by Gasteiger charge is 2.06. The summed E-state index contributed by atoms with van der Waals surface area (Å²) in [7, 11) is 0. The minimum atomic E-state index is -0.272. The van der Waals surface area contributed by atoms with E-state index >= 15 is 0 Å². The molecule has 0 heterocycles. The van der Waals surface area contributed by atoms with Crippen molar-refractivity contribution in [1.29, 1.82) is 0 Å². The third kappa shape index (κ3) is 4.61. The molecule has 4 heteroatoms. The van der Waals surface area contributed by atoms with Gasteiger partial charge in [0.05, 0.1) is 0 Å². The molecule has 1 aromatic rings. The van der Waals surface area contributed by atoms with Crippen LogP contribution in [0.15, 0.2) is 29.8 Å². The van der Waals surface area contributed by atoms with Gasteiger partial charge in [-0.05, 0) is 30.2 Å². The summed E-state index contributed by atoms with van der Waals surface area (Å²) in [5.41, 5.74) is 1.53. The van der Waals surface area contributed by atoms with Crippen molar-refractivity contribution in [3.05, 3.63) is 41.2 Å². The summed E-state index contributed by atoms with van der Waals surface area (Å²) in [6.07, 6.45) is 2.43. The molecule has 0 saturated heterocycles. The van der Waals surface area contributed by atoms with E-state index in [1.54, 1.807) is 18.2 Å². The first-order valence-corrected chi connectivity index (χ1v) is 6.54. The predicted molar refractivity (Wildman–Crippen MR) is 70.9 cm³/mol. The Labute approximate surface area is 105 Å². The number of carbonyl (C=O) groups excluding carboxylic acids is 1. The molecule has 2 nitrogen and oxygen atoms in total. The van der Waals surface area contributed by atoms with E-state index in [1.165, 1.54) is 24.1 Å². The van der Waals surface area contributed by atoms with Gasteiger partial charge in [0.2, 0.25) is 0 Å². The van der Waals surface area contributed by atoms with E-state index in [2.05, 4.69) is 4.72 Å². The summed E-state index contributed by atoms with van der Waals surface area (Å²) in [4.78, 5) is 11.7. The molecule has 0 spiro atoms. The Kier molecular flexibility index (Phi) is 5.77. The van der Waals surface area contributed by atoms with Crippen molar-refractivity contribution >= 4 is 23.9 Å². The quantitative estimate of drug-likeness (QED) is 0.643. The molecule has 0 aliphatic carbocycles. The average Bonchev–Trinajstić information content (AvgIpc) is 2.35. The molecule has 0 aromatic heterocycles. The Bertz CT molecular complexity index is 400. The molecule has 0 saturated carbocycles. The first-order chi connectivity index (χ1) is 8.17. The molecule has 0 atom stereocenters. The molecular weight excluding hydrogens is 237 g/mol. The fourth-order valence-corrected chi connectivity index (χ4v) is 1.70. The summed E-state index contributed by atoms with van der Waals surface area (Å²) in [5.74, 6) is 0.481. The van der Waals surface area contributed by atoms with Crippen LogP contribution < -0.4 is 4.72 Å². The third-order valence-electron chi connectivity index (χ3n) is 2.19. The van der Waals surface area contributed by atoms with Crippen LogP contribution in [0.3, 0.4) is 0 Å². The highest BCUT2D eigenvalue weighted by molar-refractivity contribution is 7.97. The summed E-state index contributed by atoms with van der Waals surface area (Å²) in [6.45, 7) is 3.89. The zero-order valence-corrected chi connectivity index (χ0v) is 10.8. The summed E-state index contributed by atoms with van der Waals surface area (Å²) in [5, 5.41) is 0. The second-order valence-electron chi connectivity index (χ2n) is 3.44. The summed E-state index contributed by atoms with van der Waals surface area (Å²) >= 11 is 1.37. The maximum atomic E-state index is 12.7. The van der Waals surface area contributed by atoms with Crippen LogP contribution in [0.2, 0.25) is 0 Å². The van der Waals surface area contributed by atoms with E-state index in [0.29, 0.717) is 12.0 Å². The fourth-order valence-electron chi connectivity index (χ4n) is 1.29. The normalized spacial score (nSPS) is 11.4. The zero-order chi connectivity index (χ0) is 12.7. The second kappa shape index (κ2) is 7.12. The number of amides is 1. The van der Waals surface area contributed by atoms with E-state index in [9.17, 15) is 9.18 Å². The molecule has 0 aliphatic heterocycles. The lowest BCUT2D eigenvalue weighted by molar-refractivity contribution is -0.115. The number of rotatable bonds is 5. The second-order valence-corrected chi connectivity index (χ2v) is 4.51. The van der Waals surface area contributed by atoms with Gasteiger partial charge >= 0.3 is 0 Å². The van der Waals surface area contributed by atoms with Crippen LogP contribution in [0, 0.1) is 5.82 Å². The molecule has 1 N–H and O–H groups in total. The largest absolute Gasteiger partial charge is 0.296 e. The molecule has 0 unspecified atom stereocenters. The predicted octanol–water partition coefficient (Wildman–Crippen LogP) is 3.40. The van der Waals surface area contributed by atoms with Crippen LogP contribution >= 0.6 is 11.9 Å². The summed E-state index contributed by atoms with van der Waals surface area (Å²) < 4.78 is 15.5. The molecule has 0 radical (unpaired) electrons. The van der Waals surface area contributed by atoms with Gasteiger partial charge in [0.1, 0.15) is 5.82 Å². The van der Waals surface area contributed by atoms with Crippen molar-refractivity contribution in [3.63, 3.8) is 0 Å².